The lowest BCUT2D eigenvalue weighted by Crippen LogP contribution is -2.43. The number of hydrogen-bond donors (Lipinski definition) is 1. The highest BCUT2D eigenvalue weighted by Crippen LogP contribution is 2.59. The lowest BCUT2D eigenvalue weighted by molar-refractivity contribution is 0.468. The maximum Gasteiger partial charge on any atom is 0.159 e. The van der Waals surface area contributed by atoms with Crippen LogP contribution < -0.4 is 15.1 Å². The molecular weight excluding hydrogens is 827 g/mol. The van der Waals surface area contributed by atoms with Gasteiger partial charge in [0.05, 0.1) is 18.0 Å². The summed E-state index contributed by atoms with van der Waals surface area (Å²) in [4.78, 5) is 16.3. The summed E-state index contributed by atoms with van der Waals surface area (Å²) in [6.45, 7) is 0. The standard InChI is InChI=1S/C63H51N5/c1-2-17-40(18-3-1)43-23-14-24-45(37-43)61-64-62(66-63(65-61)51-32-16-22-41-19-4-7-27-48(41)51)46-25-15-26-47(38-46)67-54-33-12-11-31-53(54)59-57(67)39-44-21-6-9-29-50(44)60(59)68-55-34-13-10-30-52(55)58-49-28-8-5-20-42(49)35-36-56(58)68/h1-2,4-11,13-17,19-32,34-36,38-39,45,52,55,59-61H,3,12,18,33,37H2,(H,64,65,66). The number of anilines is 2. The van der Waals surface area contributed by atoms with Gasteiger partial charge in [0, 0.05) is 45.7 Å². The van der Waals surface area contributed by atoms with Gasteiger partial charge in [-0.25, -0.2) is 9.98 Å². The number of hydrogen-bond acceptors (Lipinski definition) is 5. The summed E-state index contributed by atoms with van der Waals surface area (Å²) < 4.78 is 0. The average molecular weight is 878 g/mol. The van der Waals surface area contributed by atoms with Crippen molar-refractivity contribution >= 4 is 50.7 Å². The van der Waals surface area contributed by atoms with Gasteiger partial charge in [0.2, 0.25) is 0 Å². The van der Waals surface area contributed by atoms with Gasteiger partial charge >= 0.3 is 0 Å². The zero-order valence-electron chi connectivity index (χ0n) is 37.9. The van der Waals surface area contributed by atoms with Gasteiger partial charge in [0.25, 0.3) is 0 Å². The predicted molar refractivity (Wildman–Crippen MR) is 282 cm³/mol. The van der Waals surface area contributed by atoms with Gasteiger partial charge in [0.1, 0.15) is 12.0 Å². The minimum atomic E-state index is -0.194. The Kier molecular flexibility index (Phi) is 9.24. The molecule has 328 valence electrons. The third-order valence-electron chi connectivity index (χ3n) is 15.7. The summed E-state index contributed by atoms with van der Waals surface area (Å²) in [7, 11) is 0. The Morgan fingerprint density at radius 2 is 1.47 bits per heavy atom. The highest BCUT2D eigenvalue weighted by Gasteiger charge is 2.51. The van der Waals surface area contributed by atoms with Crippen molar-refractivity contribution in [3.63, 3.8) is 0 Å². The number of allylic oxidation sites excluding steroid dienone is 12. The summed E-state index contributed by atoms with van der Waals surface area (Å²) >= 11 is 0. The molecule has 0 bridgehead atoms. The van der Waals surface area contributed by atoms with Crippen LogP contribution in [0.25, 0.3) is 27.6 Å². The maximum absolute atomic E-state index is 5.48. The van der Waals surface area contributed by atoms with Gasteiger partial charge in [-0.2, -0.15) is 0 Å². The van der Waals surface area contributed by atoms with Crippen LogP contribution in [0.15, 0.2) is 238 Å². The van der Waals surface area contributed by atoms with Gasteiger partial charge in [-0.05, 0) is 111 Å². The van der Waals surface area contributed by atoms with Crippen LogP contribution in [0, 0.1) is 11.8 Å². The number of benzene rings is 6. The van der Waals surface area contributed by atoms with E-state index in [2.05, 4.69) is 221 Å². The summed E-state index contributed by atoms with van der Waals surface area (Å²) in [5.74, 6) is 2.20. The fraction of sp³-hybridized carbons (Fsp3) is 0.175. The Morgan fingerprint density at radius 1 is 0.662 bits per heavy atom. The minimum absolute atomic E-state index is 0.0886. The molecule has 0 amide bonds. The first-order valence-electron chi connectivity index (χ1n) is 24.6. The highest BCUT2D eigenvalue weighted by atomic mass is 15.3. The van der Waals surface area contributed by atoms with Crippen LogP contribution >= 0.6 is 0 Å². The molecule has 6 aromatic carbocycles. The second-order valence-electron chi connectivity index (χ2n) is 19.4. The van der Waals surface area contributed by atoms with Gasteiger partial charge in [-0.15, -0.1) is 0 Å². The number of fused-ring (bicyclic) bond motifs is 9. The first-order chi connectivity index (χ1) is 33.7. The SMILES string of the molecule is C1=CCCC(C2=CC=CC(C3N=C(c4cccc5ccccc45)N=C(c4cccc(N5C6=Cc7ccccc7C(N7c8ccc9ccccc9c8C8C=CC=CC87)C6C6=C5CCC=C6)c4)N3)C2)=C1. The van der Waals surface area contributed by atoms with E-state index >= 15 is 0 Å². The monoisotopic (exact) mass is 877 g/mol. The van der Waals surface area contributed by atoms with Gasteiger partial charge in [0.15, 0.2) is 5.84 Å². The first kappa shape index (κ1) is 39.4. The van der Waals surface area contributed by atoms with E-state index < -0.39 is 0 Å². The van der Waals surface area contributed by atoms with Crippen LogP contribution in [-0.4, -0.2) is 23.9 Å². The third kappa shape index (κ3) is 6.29. The second-order valence-corrected chi connectivity index (χ2v) is 19.4. The summed E-state index contributed by atoms with van der Waals surface area (Å²) in [5.41, 5.74) is 15.8. The molecule has 0 fully saturated rings. The van der Waals surface area contributed by atoms with E-state index in [0.29, 0.717) is 0 Å². The molecule has 0 radical (unpaired) electrons. The Bertz CT molecular complexity index is 3470. The van der Waals surface area contributed by atoms with E-state index in [9.17, 15) is 0 Å². The Balaban J connectivity index is 0.880. The predicted octanol–water partition coefficient (Wildman–Crippen LogP) is 14.1. The quantitative estimate of drug-likeness (QED) is 0.181. The van der Waals surface area contributed by atoms with Crippen LogP contribution in [-0.2, 0) is 0 Å². The zero-order chi connectivity index (χ0) is 44.7. The minimum Gasteiger partial charge on any atom is -0.356 e. The molecule has 8 aliphatic rings. The number of nitrogens with zero attached hydrogens (tertiary/aromatic N) is 4. The summed E-state index contributed by atoms with van der Waals surface area (Å²) in [5, 5.41) is 8.93. The van der Waals surface area contributed by atoms with Gasteiger partial charge < -0.3 is 15.1 Å². The molecule has 6 aromatic rings. The molecule has 1 N–H and O–H groups in total. The molecule has 5 nitrogen and oxygen atoms in total. The number of rotatable bonds is 6. The third-order valence-corrected chi connectivity index (χ3v) is 15.7. The van der Waals surface area contributed by atoms with Crippen molar-refractivity contribution in [2.45, 2.75) is 56.3 Å². The molecule has 5 aliphatic carbocycles. The van der Waals surface area contributed by atoms with Crippen LogP contribution in [0.5, 0.6) is 0 Å². The largest absolute Gasteiger partial charge is 0.356 e. The fourth-order valence-electron chi connectivity index (χ4n) is 12.7. The average Bonchev–Trinajstić information content (AvgIpc) is 3.93. The first-order valence-corrected chi connectivity index (χ1v) is 24.6. The van der Waals surface area contributed by atoms with Crippen molar-refractivity contribution in [2.24, 2.45) is 21.8 Å². The van der Waals surface area contributed by atoms with Crippen LogP contribution in [0.2, 0.25) is 0 Å². The van der Waals surface area contributed by atoms with Crippen LogP contribution in [0.4, 0.5) is 11.4 Å². The van der Waals surface area contributed by atoms with Crippen LogP contribution in [0.1, 0.15) is 71.9 Å². The lowest BCUT2D eigenvalue weighted by Gasteiger charge is -2.43. The fourth-order valence-corrected chi connectivity index (χ4v) is 12.7. The van der Waals surface area contributed by atoms with Crippen LogP contribution in [0.3, 0.4) is 0 Å². The smallest absolute Gasteiger partial charge is 0.159 e. The van der Waals surface area contributed by atoms with E-state index in [1.165, 1.54) is 72.3 Å². The summed E-state index contributed by atoms with van der Waals surface area (Å²) in [6, 6.07) is 47.4. The van der Waals surface area contributed by atoms with Crippen molar-refractivity contribution in [2.75, 3.05) is 9.80 Å². The maximum atomic E-state index is 5.48. The van der Waals surface area contributed by atoms with E-state index in [1.807, 2.05) is 0 Å². The molecule has 0 saturated heterocycles. The van der Waals surface area contributed by atoms with Crippen molar-refractivity contribution in [1.82, 2.24) is 5.32 Å². The highest BCUT2D eigenvalue weighted by molar-refractivity contribution is 6.17. The van der Waals surface area contributed by atoms with Gasteiger partial charge in [-0.3, -0.25) is 0 Å². The molecule has 6 atom stereocenters. The topological polar surface area (TPSA) is 43.2 Å². The molecule has 0 saturated carbocycles. The molecule has 14 rings (SSSR count). The number of aliphatic imine (C=N–C) groups is 2. The molecule has 0 aromatic heterocycles. The Labute approximate surface area is 398 Å². The van der Waals surface area contributed by atoms with E-state index in [-0.39, 0.29) is 36.0 Å². The molecule has 0 spiro atoms. The summed E-state index contributed by atoms with van der Waals surface area (Å²) in [6.07, 6.45) is 35.3. The number of amidine groups is 2. The van der Waals surface area contributed by atoms with E-state index in [4.69, 9.17) is 9.98 Å². The zero-order valence-corrected chi connectivity index (χ0v) is 37.9. The Hall–Kier alpha value is -7.76. The van der Waals surface area contributed by atoms with Crippen molar-refractivity contribution in [3.05, 3.63) is 256 Å². The second kappa shape index (κ2) is 16.0. The van der Waals surface area contributed by atoms with Crippen molar-refractivity contribution in [3.8, 4) is 0 Å². The normalized spacial score (nSPS) is 25.2. The molecule has 68 heavy (non-hydrogen) atoms. The lowest BCUT2D eigenvalue weighted by atomic mass is 9.77. The molecule has 5 heteroatoms. The molecular formula is C63H51N5. The number of nitrogens with one attached hydrogen (secondary N) is 1. The molecule has 3 aliphatic heterocycles. The van der Waals surface area contributed by atoms with Crippen molar-refractivity contribution < 1.29 is 0 Å². The Morgan fingerprint density at radius 3 is 2.40 bits per heavy atom. The molecule has 6 unspecified atom stereocenters. The molecule has 3 heterocycles. The van der Waals surface area contributed by atoms with Gasteiger partial charge in [-0.1, -0.05) is 182 Å². The van der Waals surface area contributed by atoms with E-state index in [1.54, 1.807) is 0 Å². The van der Waals surface area contributed by atoms with E-state index in [0.717, 1.165) is 60.3 Å². The van der Waals surface area contributed by atoms with Crippen molar-refractivity contribution in [1.29, 1.82) is 0 Å².